The summed E-state index contributed by atoms with van der Waals surface area (Å²) < 4.78 is 0. The zero-order chi connectivity index (χ0) is 13.0. The van der Waals surface area contributed by atoms with Gasteiger partial charge in [0.25, 0.3) is 0 Å². The third-order valence-corrected chi connectivity index (χ3v) is 4.17. The number of carbonyl (C=O) groups excluding carboxylic acids is 1. The summed E-state index contributed by atoms with van der Waals surface area (Å²) in [6, 6.07) is 3.27. The van der Waals surface area contributed by atoms with Crippen LogP contribution in [-0.2, 0) is 4.79 Å². The highest BCUT2D eigenvalue weighted by Crippen LogP contribution is 2.19. The largest absolute Gasteiger partial charge is 0.395 e. The summed E-state index contributed by atoms with van der Waals surface area (Å²) in [5, 5.41) is 10.8. The number of thiophene rings is 1. The molecule has 1 saturated heterocycles. The lowest BCUT2D eigenvalue weighted by Crippen LogP contribution is -2.51. The second kappa shape index (κ2) is 6.29. The number of β-amino-alcohol motifs (C(OH)–C–C–N with tert-alkyl or cyclic N) is 1. The fraction of sp³-hybridized carbons (Fsp3) is 0.583. The molecule has 100 valence electrons. The number of nitrogens with zero attached hydrogens (tertiary/aromatic N) is 2. The number of carbonyl (C=O) groups is 1. The average Bonchev–Trinajstić information content (AvgIpc) is 2.92. The van der Waals surface area contributed by atoms with Gasteiger partial charge in [-0.25, -0.2) is 0 Å². The van der Waals surface area contributed by atoms with E-state index in [-0.39, 0.29) is 12.5 Å². The van der Waals surface area contributed by atoms with E-state index in [4.69, 9.17) is 10.8 Å². The van der Waals surface area contributed by atoms with Crippen LogP contribution < -0.4 is 5.73 Å². The summed E-state index contributed by atoms with van der Waals surface area (Å²) in [6.45, 7) is 3.85. The predicted molar refractivity (Wildman–Crippen MR) is 71.4 cm³/mol. The summed E-state index contributed by atoms with van der Waals surface area (Å²) in [5.41, 5.74) is 5.97. The third kappa shape index (κ3) is 3.08. The van der Waals surface area contributed by atoms with Gasteiger partial charge >= 0.3 is 0 Å². The van der Waals surface area contributed by atoms with Crippen molar-refractivity contribution in [2.75, 3.05) is 39.3 Å². The van der Waals surface area contributed by atoms with Crippen LogP contribution in [-0.4, -0.2) is 60.1 Å². The number of hydrogen-bond donors (Lipinski definition) is 2. The lowest BCUT2D eigenvalue weighted by atomic mass is 10.2. The highest BCUT2D eigenvalue weighted by molar-refractivity contribution is 7.10. The molecule has 1 aromatic heterocycles. The maximum Gasteiger partial charge on any atom is 0.245 e. The first-order valence-electron chi connectivity index (χ1n) is 6.13. The molecular weight excluding hydrogens is 250 g/mol. The number of hydrogen-bond acceptors (Lipinski definition) is 5. The molecule has 1 aliphatic heterocycles. The highest BCUT2D eigenvalue weighted by atomic mass is 32.1. The number of aliphatic hydroxyl groups excluding tert-OH is 1. The Morgan fingerprint density at radius 3 is 2.72 bits per heavy atom. The first-order chi connectivity index (χ1) is 8.72. The highest BCUT2D eigenvalue weighted by Gasteiger charge is 2.26. The molecule has 0 spiro atoms. The van der Waals surface area contributed by atoms with Crippen molar-refractivity contribution in [1.29, 1.82) is 0 Å². The first kappa shape index (κ1) is 13.5. The molecule has 2 heterocycles. The maximum atomic E-state index is 12.2. The summed E-state index contributed by atoms with van der Waals surface area (Å²) in [6.07, 6.45) is 0. The Bertz CT molecular complexity index is 375. The molecule has 1 aliphatic rings. The van der Waals surface area contributed by atoms with Crippen LogP contribution in [0.15, 0.2) is 17.5 Å². The number of amides is 1. The van der Waals surface area contributed by atoms with Crippen LogP contribution >= 0.6 is 11.3 Å². The topological polar surface area (TPSA) is 69.8 Å². The molecule has 0 aromatic carbocycles. The van der Waals surface area contributed by atoms with Crippen LogP contribution in [0, 0.1) is 0 Å². The predicted octanol–water partition coefficient (Wildman–Crippen LogP) is -0.116. The van der Waals surface area contributed by atoms with Crippen LogP contribution in [0.5, 0.6) is 0 Å². The van der Waals surface area contributed by atoms with Gasteiger partial charge in [-0.1, -0.05) is 6.07 Å². The van der Waals surface area contributed by atoms with E-state index in [1.807, 2.05) is 22.4 Å². The van der Waals surface area contributed by atoms with Crippen molar-refractivity contribution in [2.45, 2.75) is 6.04 Å². The molecule has 1 aromatic rings. The van der Waals surface area contributed by atoms with Crippen LogP contribution in [0.25, 0.3) is 0 Å². The molecule has 0 aliphatic carbocycles. The minimum Gasteiger partial charge on any atom is -0.395 e. The van der Waals surface area contributed by atoms with Gasteiger partial charge < -0.3 is 15.7 Å². The normalized spacial score (nSPS) is 18.9. The van der Waals surface area contributed by atoms with Crippen molar-refractivity contribution in [2.24, 2.45) is 5.73 Å². The van der Waals surface area contributed by atoms with Gasteiger partial charge in [0.2, 0.25) is 5.91 Å². The van der Waals surface area contributed by atoms with Crippen LogP contribution in [0.2, 0.25) is 0 Å². The summed E-state index contributed by atoms with van der Waals surface area (Å²) in [5.74, 6) is 0.00102. The van der Waals surface area contributed by atoms with Crippen molar-refractivity contribution in [3.63, 3.8) is 0 Å². The van der Waals surface area contributed by atoms with E-state index in [0.717, 1.165) is 18.0 Å². The van der Waals surface area contributed by atoms with Gasteiger partial charge in [-0.2, -0.15) is 0 Å². The second-order valence-corrected chi connectivity index (χ2v) is 5.36. The van der Waals surface area contributed by atoms with E-state index >= 15 is 0 Å². The summed E-state index contributed by atoms with van der Waals surface area (Å²) >= 11 is 1.52. The number of rotatable bonds is 4. The van der Waals surface area contributed by atoms with Gasteiger partial charge in [0.05, 0.1) is 6.61 Å². The Hall–Kier alpha value is -0.950. The average molecular weight is 269 g/mol. The first-order valence-corrected chi connectivity index (χ1v) is 7.01. The summed E-state index contributed by atoms with van der Waals surface area (Å²) in [4.78, 5) is 17.1. The Labute approximate surface area is 111 Å². The van der Waals surface area contributed by atoms with Gasteiger partial charge in [0, 0.05) is 37.6 Å². The van der Waals surface area contributed by atoms with Crippen molar-refractivity contribution >= 4 is 17.2 Å². The standard InChI is InChI=1S/C12H19N3O2S/c13-11(10-2-1-9-18-10)12(17)15-5-3-14(4-6-15)7-8-16/h1-2,9,11,16H,3-8,13H2. The molecule has 18 heavy (non-hydrogen) atoms. The van der Waals surface area contributed by atoms with Crippen molar-refractivity contribution in [1.82, 2.24) is 9.80 Å². The lowest BCUT2D eigenvalue weighted by Gasteiger charge is -2.35. The molecule has 1 amide bonds. The fourth-order valence-electron chi connectivity index (χ4n) is 2.12. The quantitative estimate of drug-likeness (QED) is 0.800. The van der Waals surface area contributed by atoms with Gasteiger partial charge in [0.15, 0.2) is 0 Å². The smallest absolute Gasteiger partial charge is 0.245 e. The Balaban J connectivity index is 1.87. The number of nitrogens with two attached hydrogens (primary N) is 1. The van der Waals surface area contributed by atoms with Crippen molar-refractivity contribution in [3.05, 3.63) is 22.4 Å². The molecule has 1 atom stereocenters. The van der Waals surface area contributed by atoms with E-state index in [0.29, 0.717) is 19.6 Å². The second-order valence-electron chi connectivity index (χ2n) is 4.38. The van der Waals surface area contributed by atoms with Gasteiger partial charge in [-0.05, 0) is 11.4 Å². The molecule has 2 rings (SSSR count). The molecule has 1 fully saturated rings. The molecule has 0 saturated carbocycles. The molecule has 5 nitrogen and oxygen atoms in total. The minimum absolute atomic E-state index is 0.00102. The molecule has 3 N–H and O–H groups in total. The van der Waals surface area contributed by atoms with Crippen molar-refractivity contribution < 1.29 is 9.90 Å². The SMILES string of the molecule is NC(C(=O)N1CCN(CCO)CC1)c1cccs1. The zero-order valence-electron chi connectivity index (χ0n) is 10.3. The van der Waals surface area contributed by atoms with E-state index < -0.39 is 6.04 Å². The minimum atomic E-state index is -0.533. The van der Waals surface area contributed by atoms with Gasteiger partial charge in [-0.15, -0.1) is 11.3 Å². The van der Waals surface area contributed by atoms with E-state index in [2.05, 4.69) is 4.90 Å². The fourth-order valence-corrected chi connectivity index (χ4v) is 2.84. The molecule has 6 heteroatoms. The third-order valence-electron chi connectivity index (χ3n) is 3.22. The molecule has 1 unspecified atom stereocenters. The lowest BCUT2D eigenvalue weighted by molar-refractivity contribution is -0.134. The molecule has 0 radical (unpaired) electrons. The zero-order valence-corrected chi connectivity index (χ0v) is 11.1. The van der Waals surface area contributed by atoms with Crippen LogP contribution in [0.1, 0.15) is 10.9 Å². The number of aliphatic hydroxyl groups is 1. The maximum absolute atomic E-state index is 12.2. The summed E-state index contributed by atoms with van der Waals surface area (Å²) in [7, 11) is 0. The Morgan fingerprint density at radius 1 is 1.44 bits per heavy atom. The van der Waals surface area contributed by atoms with Crippen molar-refractivity contribution in [3.8, 4) is 0 Å². The molecular formula is C12H19N3O2S. The number of piperazine rings is 1. The van der Waals surface area contributed by atoms with Crippen LogP contribution in [0.3, 0.4) is 0 Å². The Kier molecular flexibility index (Phi) is 4.71. The Morgan fingerprint density at radius 2 is 2.17 bits per heavy atom. The van der Waals surface area contributed by atoms with Crippen LogP contribution in [0.4, 0.5) is 0 Å². The van der Waals surface area contributed by atoms with Gasteiger partial charge in [-0.3, -0.25) is 9.69 Å². The van der Waals surface area contributed by atoms with E-state index in [1.54, 1.807) is 0 Å². The van der Waals surface area contributed by atoms with E-state index in [9.17, 15) is 4.79 Å². The van der Waals surface area contributed by atoms with Gasteiger partial charge in [0.1, 0.15) is 6.04 Å². The molecule has 0 bridgehead atoms. The monoisotopic (exact) mass is 269 g/mol. The van der Waals surface area contributed by atoms with E-state index in [1.165, 1.54) is 11.3 Å².